The van der Waals surface area contributed by atoms with Gasteiger partial charge in [-0.3, -0.25) is 0 Å². The maximum atomic E-state index is 6.02. The van der Waals surface area contributed by atoms with E-state index in [4.69, 9.17) is 23.2 Å². The van der Waals surface area contributed by atoms with Crippen LogP contribution in [0.5, 0.6) is 0 Å². The first kappa shape index (κ1) is 12.3. The van der Waals surface area contributed by atoms with E-state index >= 15 is 0 Å². The van der Waals surface area contributed by atoms with Gasteiger partial charge in [-0.15, -0.1) is 0 Å². The Labute approximate surface area is 108 Å². The molecule has 0 aliphatic heterocycles. The summed E-state index contributed by atoms with van der Waals surface area (Å²) in [6, 6.07) is 6.03. The minimum absolute atomic E-state index is 0.655. The van der Waals surface area contributed by atoms with Crippen molar-refractivity contribution in [3.05, 3.63) is 33.8 Å². The van der Waals surface area contributed by atoms with E-state index in [1.165, 1.54) is 31.2 Å². The van der Waals surface area contributed by atoms with E-state index in [1.807, 2.05) is 12.1 Å². The second-order valence-corrected chi connectivity index (χ2v) is 5.89. The third kappa shape index (κ3) is 3.15. The summed E-state index contributed by atoms with van der Waals surface area (Å²) in [5.74, 6) is 1.76. The van der Waals surface area contributed by atoms with Crippen LogP contribution in [0.2, 0.25) is 10.0 Å². The van der Waals surface area contributed by atoms with E-state index in [9.17, 15) is 0 Å². The van der Waals surface area contributed by atoms with Gasteiger partial charge in [-0.1, -0.05) is 49.0 Å². The Balaban J connectivity index is 1.96. The molecule has 0 nitrogen and oxygen atoms in total. The molecule has 1 aliphatic carbocycles. The molecule has 0 saturated heterocycles. The van der Waals surface area contributed by atoms with Gasteiger partial charge in [-0.05, 0) is 48.8 Å². The molecule has 0 heterocycles. The minimum atomic E-state index is 0.655. The van der Waals surface area contributed by atoms with Crippen molar-refractivity contribution in [2.45, 2.75) is 39.0 Å². The van der Waals surface area contributed by atoms with E-state index in [1.54, 1.807) is 0 Å². The zero-order valence-corrected chi connectivity index (χ0v) is 11.2. The number of benzene rings is 1. The van der Waals surface area contributed by atoms with Crippen molar-refractivity contribution in [2.75, 3.05) is 0 Å². The monoisotopic (exact) mass is 256 g/mol. The molecule has 1 aromatic carbocycles. The molecule has 88 valence electrons. The van der Waals surface area contributed by atoms with Crippen molar-refractivity contribution < 1.29 is 0 Å². The highest BCUT2D eigenvalue weighted by Gasteiger charge is 2.18. The molecule has 2 rings (SSSR count). The normalized spacial score (nSPS) is 25.7. The van der Waals surface area contributed by atoms with Crippen LogP contribution in [0.3, 0.4) is 0 Å². The van der Waals surface area contributed by atoms with Crippen LogP contribution in [0, 0.1) is 11.8 Å². The lowest BCUT2D eigenvalue weighted by Crippen LogP contribution is -2.14. The maximum Gasteiger partial charge on any atom is 0.0595 e. The van der Waals surface area contributed by atoms with Gasteiger partial charge in [0, 0.05) is 0 Å². The molecule has 0 N–H and O–H groups in total. The lowest BCUT2D eigenvalue weighted by Gasteiger charge is -2.26. The SMILES string of the molecule is CC1CCC(Cc2ccc(Cl)c(Cl)c2)CC1. The summed E-state index contributed by atoms with van der Waals surface area (Å²) in [4.78, 5) is 0. The van der Waals surface area contributed by atoms with Gasteiger partial charge in [0.05, 0.1) is 10.0 Å². The Morgan fingerprint density at radius 2 is 1.75 bits per heavy atom. The Bertz CT molecular complexity index is 352. The first-order chi connectivity index (χ1) is 7.65. The first-order valence-electron chi connectivity index (χ1n) is 6.09. The highest BCUT2D eigenvalue weighted by molar-refractivity contribution is 6.42. The van der Waals surface area contributed by atoms with E-state index in [0.29, 0.717) is 10.0 Å². The molecule has 16 heavy (non-hydrogen) atoms. The van der Waals surface area contributed by atoms with Crippen molar-refractivity contribution >= 4 is 23.2 Å². The Morgan fingerprint density at radius 3 is 2.38 bits per heavy atom. The van der Waals surface area contributed by atoms with E-state index in [2.05, 4.69) is 13.0 Å². The van der Waals surface area contributed by atoms with Gasteiger partial charge in [-0.25, -0.2) is 0 Å². The molecule has 0 unspecified atom stereocenters. The summed E-state index contributed by atoms with van der Waals surface area (Å²) in [6.07, 6.45) is 6.64. The number of hydrogen-bond donors (Lipinski definition) is 0. The van der Waals surface area contributed by atoms with Crippen molar-refractivity contribution in [2.24, 2.45) is 11.8 Å². The average molecular weight is 257 g/mol. The fourth-order valence-electron chi connectivity index (χ4n) is 2.53. The van der Waals surface area contributed by atoms with Gasteiger partial charge in [0.15, 0.2) is 0 Å². The van der Waals surface area contributed by atoms with Crippen LogP contribution in [0.25, 0.3) is 0 Å². The van der Waals surface area contributed by atoms with Crippen LogP contribution < -0.4 is 0 Å². The summed E-state index contributed by atoms with van der Waals surface area (Å²) in [7, 11) is 0. The molecule has 2 heteroatoms. The molecule has 0 spiro atoms. The summed E-state index contributed by atoms with van der Waals surface area (Å²) in [5, 5.41) is 1.34. The predicted molar refractivity (Wildman–Crippen MR) is 71.3 cm³/mol. The fourth-order valence-corrected chi connectivity index (χ4v) is 2.85. The van der Waals surface area contributed by atoms with E-state index in [-0.39, 0.29) is 0 Å². The molecule has 1 fully saturated rings. The number of rotatable bonds is 2. The second-order valence-electron chi connectivity index (χ2n) is 5.08. The standard InChI is InChI=1S/C14H18Cl2/c1-10-2-4-11(5-3-10)8-12-6-7-13(15)14(16)9-12/h6-7,9-11H,2-5,8H2,1H3. The third-order valence-electron chi connectivity index (χ3n) is 3.64. The predicted octanol–water partition coefficient (Wildman–Crippen LogP) is 5.36. The molecule has 1 aromatic rings. The quantitative estimate of drug-likeness (QED) is 0.668. The Hall–Kier alpha value is -0.200. The summed E-state index contributed by atoms with van der Waals surface area (Å²) >= 11 is 11.9. The van der Waals surface area contributed by atoms with Gasteiger partial charge in [0.25, 0.3) is 0 Å². The molecule has 0 radical (unpaired) electrons. The molecular weight excluding hydrogens is 239 g/mol. The van der Waals surface area contributed by atoms with Crippen LogP contribution >= 0.6 is 23.2 Å². The van der Waals surface area contributed by atoms with Gasteiger partial charge >= 0.3 is 0 Å². The maximum absolute atomic E-state index is 6.02. The van der Waals surface area contributed by atoms with Crippen LogP contribution in [0.1, 0.15) is 38.2 Å². The van der Waals surface area contributed by atoms with Crippen molar-refractivity contribution in [1.29, 1.82) is 0 Å². The van der Waals surface area contributed by atoms with Gasteiger partial charge in [-0.2, -0.15) is 0 Å². The Morgan fingerprint density at radius 1 is 1.06 bits per heavy atom. The highest BCUT2D eigenvalue weighted by Crippen LogP contribution is 2.31. The summed E-state index contributed by atoms with van der Waals surface area (Å²) < 4.78 is 0. The molecular formula is C14H18Cl2. The second kappa shape index (κ2) is 5.42. The van der Waals surface area contributed by atoms with Gasteiger partial charge < -0.3 is 0 Å². The molecule has 0 atom stereocenters. The van der Waals surface area contributed by atoms with Gasteiger partial charge in [0.1, 0.15) is 0 Å². The zero-order valence-electron chi connectivity index (χ0n) is 9.68. The topological polar surface area (TPSA) is 0 Å². The van der Waals surface area contributed by atoms with Crippen LogP contribution in [-0.4, -0.2) is 0 Å². The average Bonchev–Trinajstić information content (AvgIpc) is 2.27. The largest absolute Gasteiger partial charge is 0.0827 e. The lowest BCUT2D eigenvalue weighted by molar-refractivity contribution is 0.289. The molecule has 0 amide bonds. The van der Waals surface area contributed by atoms with Gasteiger partial charge in [0.2, 0.25) is 0 Å². The smallest absolute Gasteiger partial charge is 0.0595 e. The molecule has 0 aromatic heterocycles. The lowest BCUT2D eigenvalue weighted by atomic mass is 9.80. The van der Waals surface area contributed by atoms with E-state index in [0.717, 1.165) is 18.3 Å². The van der Waals surface area contributed by atoms with Crippen molar-refractivity contribution in [3.63, 3.8) is 0 Å². The highest BCUT2D eigenvalue weighted by atomic mass is 35.5. The fraction of sp³-hybridized carbons (Fsp3) is 0.571. The molecule has 1 saturated carbocycles. The van der Waals surface area contributed by atoms with Crippen molar-refractivity contribution in [1.82, 2.24) is 0 Å². The third-order valence-corrected chi connectivity index (χ3v) is 4.38. The molecule has 0 bridgehead atoms. The first-order valence-corrected chi connectivity index (χ1v) is 6.84. The zero-order chi connectivity index (χ0) is 11.5. The van der Waals surface area contributed by atoms with E-state index < -0.39 is 0 Å². The number of halogens is 2. The Kier molecular flexibility index (Phi) is 4.16. The molecule has 1 aliphatic rings. The van der Waals surface area contributed by atoms with Crippen LogP contribution in [0.4, 0.5) is 0 Å². The van der Waals surface area contributed by atoms with Crippen LogP contribution in [0.15, 0.2) is 18.2 Å². The van der Waals surface area contributed by atoms with Crippen LogP contribution in [-0.2, 0) is 6.42 Å². The minimum Gasteiger partial charge on any atom is -0.0827 e. The van der Waals surface area contributed by atoms with Crippen molar-refractivity contribution in [3.8, 4) is 0 Å². The number of hydrogen-bond acceptors (Lipinski definition) is 0. The summed E-state index contributed by atoms with van der Waals surface area (Å²) in [6.45, 7) is 2.36. The summed E-state index contributed by atoms with van der Waals surface area (Å²) in [5.41, 5.74) is 1.33.